The molecule has 0 aliphatic heterocycles. The minimum Gasteiger partial charge on any atom is -0.396 e. The molecule has 4 nitrogen and oxygen atoms in total. The van der Waals surface area contributed by atoms with E-state index in [-0.39, 0.29) is 12.0 Å². The number of aliphatic hydroxyl groups is 1. The van der Waals surface area contributed by atoms with Crippen LogP contribution in [0.2, 0.25) is 0 Å². The molecule has 0 atom stereocenters. The van der Waals surface area contributed by atoms with E-state index < -0.39 is 0 Å². The monoisotopic (exact) mass is 253 g/mol. The summed E-state index contributed by atoms with van der Waals surface area (Å²) in [4.78, 5) is 4.44. The molecule has 2 aliphatic carbocycles. The SMILES string of the molecule is NC(=NCC1(CO)CCC1)NC1CCCCCC1. The zero-order chi connectivity index (χ0) is 12.8. The summed E-state index contributed by atoms with van der Waals surface area (Å²) >= 11 is 0. The number of guanidine groups is 1. The maximum absolute atomic E-state index is 9.38. The summed E-state index contributed by atoms with van der Waals surface area (Å²) < 4.78 is 0. The molecule has 0 bridgehead atoms. The predicted molar refractivity (Wildman–Crippen MR) is 74.5 cm³/mol. The molecule has 2 saturated carbocycles. The van der Waals surface area contributed by atoms with E-state index in [9.17, 15) is 5.11 Å². The number of rotatable bonds is 4. The van der Waals surface area contributed by atoms with Crippen LogP contribution in [0.1, 0.15) is 57.8 Å². The second kappa shape index (κ2) is 6.41. The van der Waals surface area contributed by atoms with Crippen LogP contribution in [-0.2, 0) is 0 Å². The molecule has 0 heterocycles. The van der Waals surface area contributed by atoms with Gasteiger partial charge in [-0.15, -0.1) is 0 Å². The molecule has 2 rings (SSSR count). The van der Waals surface area contributed by atoms with Gasteiger partial charge in [-0.2, -0.15) is 0 Å². The van der Waals surface area contributed by atoms with E-state index in [4.69, 9.17) is 5.73 Å². The van der Waals surface area contributed by atoms with Crippen molar-refractivity contribution in [3.63, 3.8) is 0 Å². The van der Waals surface area contributed by atoms with E-state index in [0.29, 0.717) is 18.5 Å². The number of hydrogen-bond acceptors (Lipinski definition) is 2. The number of hydrogen-bond donors (Lipinski definition) is 3. The normalized spacial score (nSPS) is 25.3. The van der Waals surface area contributed by atoms with Crippen LogP contribution in [0, 0.1) is 5.41 Å². The molecule has 0 unspecified atom stereocenters. The molecule has 4 heteroatoms. The Kier molecular flexibility index (Phi) is 4.87. The van der Waals surface area contributed by atoms with E-state index in [1.165, 1.54) is 44.9 Å². The van der Waals surface area contributed by atoms with Crippen LogP contribution in [0.25, 0.3) is 0 Å². The summed E-state index contributed by atoms with van der Waals surface area (Å²) in [5.74, 6) is 0.571. The van der Waals surface area contributed by atoms with E-state index in [2.05, 4.69) is 10.3 Å². The topological polar surface area (TPSA) is 70.6 Å². The first-order valence-electron chi connectivity index (χ1n) is 7.41. The van der Waals surface area contributed by atoms with Gasteiger partial charge >= 0.3 is 0 Å². The first-order valence-corrected chi connectivity index (χ1v) is 7.41. The fourth-order valence-electron chi connectivity index (χ4n) is 2.97. The molecule has 0 aromatic rings. The fraction of sp³-hybridized carbons (Fsp3) is 0.929. The second-order valence-electron chi connectivity index (χ2n) is 6.05. The summed E-state index contributed by atoms with van der Waals surface area (Å²) in [7, 11) is 0. The van der Waals surface area contributed by atoms with Crippen molar-refractivity contribution in [1.29, 1.82) is 0 Å². The van der Waals surface area contributed by atoms with Crippen molar-refractivity contribution in [2.24, 2.45) is 16.1 Å². The molecule has 0 aromatic carbocycles. The Balaban J connectivity index is 1.77. The van der Waals surface area contributed by atoms with Gasteiger partial charge in [0, 0.05) is 11.5 Å². The van der Waals surface area contributed by atoms with Gasteiger partial charge in [-0.1, -0.05) is 32.1 Å². The molecule has 2 aliphatic rings. The smallest absolute Gasteiger partial charge is 0.188 e. The van der Waals surface area contributed by atoms with Gasteiger partial charge in [-0.05, 0) is 25.7 Å². The first-order chi connectivity index (χ1) is 8.74. The lowest BCUT2D eigenvalue weighted by atomic mass is 9.69. The number of aliphatic imine (C=N–C) groups is 1. The van der Waals surface area contributed by atoms with Crippen LogP contribution in [0.15, 0.2) is 4.99 Å². The molecular formula is C14H27N3O. The Morgan fingerprint density at radius 3 is 2.33 bits per heavy atom. The van der Waals surface area contributed by atoms with Crippen LogP contribution < -0.4 is 11.1 Å². The highest BCUT2D eigenvalue weighted by molar-refractivity contribution is 5.78. The van der Waals surface area contributed by atoms with Crippen LogP contribution in [0.3, 0.4) is 0 Å². The fourth-order valence-corrected chi connectivity index (χ4v) is 2.97. The molecule has 0 saturated heterocycles. The average Bonchev–Trinajstić information content (AvgIpc) is 2.57. The lowest BCUT2D eigenvalue weighted by Crippen LogP contribution is -2.42. The average molecular weight is 253 g/mol. The van der Waals surface area contributed by atoms with Gasteiger partial charge in [-0.3, -0.25) is 4.99 Å². The van der Waals surface area contributed by atoms with Gasteiger partial charge in [0.1, 0.15) is 0 Å². The van der Waals surface area contributed by atoms with Crippen molar-refractivity contribution in [2.75, 3.05) is 13.2 Å². The zero-order valence-electron chi connectivity index (χ0n) is 11.3. The predicted octanol–water partition coefficient (Wildman–Crippen LogP) is 1.78. The standard InChI is InChI=1S/C14H27N3O/c15-13(16-10-14(11-18)8-5-9-14)17-12-6-3-1-2-4-7-12/h12,18H,1-11H2,(H3,15,16,17). The summed E-state index contributed by atoms with van der Waals surface area (Å²) in [6, 6.07) is 0.503. The van der Waals surface area contributed by atoms with Gasteiger partial charge in [0.25, 0.3) is 0 Å². The van der Waals surface area contributed by atoms with Gasteiger partial charge in [0.05, 0.1) is 13.2 Å². The summed E-state index contributed by atoms with van der Waals surface area (Å²) in [5, 5.41) is 12.7. The highest BCUT2D eigenvalue weighted by Crippen LogP contribution is 2.40. The molecule has 0 aromatic heterocycles. The third kappa shape index (κ3) is 3.61. The summed E-state index contributed by atoms with van der Waals surface area (Å²) in [6.07, 6.45) is 11.1. The summed E-state index contributed by atoms with van der Waals surface area (Å²) in [5.41, 5.74) is 5.99. The Labute approximate surface area is 110 Å². The third-order valence-electron chi connectivity index (χ3n) is 4.54. The van der Waals surface area contributed by atoms with Gasteiger partial charge in [-0.25, -0.2) is 0 Å². The van der Waals surface area contributed by atoms with Crippen molar-refractivity contribution in [3.8, 4) is 0 Å². The Hall–Kier alpha value is -0.770. The van der Waals surface area contributed by atoms with Crippen LogP contribution in [0.4, 0.5) is 0 Å². The van der Waals surface area contributed by atoms with Crippen molar-refractivity contribution < 1.29 is 5.11 Å². The number of nitrogens with two attached hydrogens (primary N) is 1. The first kappa shape index (κ1) is 13.7. The lowest BCUT2D eigenvalue weighted by molar-refractivity contribution is 0.0539. The lowest BCUT2D eigenvalue weighted by Gasteiger charge is -2.38. The third-order valence-corrected chi connectivity index (χ3v) is 4.54. The van der Waals surface area contributed by atoms with E-state index >= 15 is 0 Å². The number of nitrogens with one attached hydrogen (secondary N) is 1. The van der Waals surface area contributed by atoms with Gasteiger partial charge in [0.2, 0.25) is 0 Å². The van der Waals surface area contributed by atoms with Crippen LogP contribution in [-0.4, -0.2) is 30.3 Å². The summed E-state index contributed by atoms with van der Waals surface area (Å²) in [6.45, 7) is 0.919. The maximum Gasteiger partial charge on any atom is 0.188 e. The van der Waals surface area contributed by atoms with Crippen molar-refractivity contribution >= 4 is 5.96 Å². The van der Waals surface area contributed by atoms with E-state index in [0.717, 1.165) is 12.8 Å². The number of nitrogens with zero attached hydrogens (tertiary/aromatic N) is 1. The Morgan fingerprint density at radius 2 is 1.83 bits per heavy atom. The van der Waals surface area contributed by atoms with Crippen LogP contribution >= 0.6 is 0 Å². The van der Waals surface area contributed by atoms with Crippen LogP contribution in [0.5, 0.6) is 0 Å². The molecule has 0 spiro atoms. The Morgan fingerprint density at radius 1 is 1.17 bits per heavy atom. The van der Waals surface area contributed by atoms with Gasteiger partial charge < -0.3 is 16.2 Å². The Bertz CT molecular complexity index is 273. The highest BCUT2D eigenvalue weighted by Gasteiger charge is 2.36. The van der Waals surface area contributed by atoms with Crippen molar-refractivity contribution in [3.05, 3.63) is 0 Å². The molecule has 2 fully saturated rings. The minimum atomic E-state index is 0.0375. The molecular weight excluding hydrogens is 226 g/mol. The van der Waals surface area contributed by atoms with E-state index in [1.54, 1.807) is 0 Å². The van der Waals surface area contributed by atoms with Crippen molar-refractivity contribution in [1.82, 2.24) is 5.32 Å². The van der Waals surface area contributed by atoms with Crippen molar-refractivity contribution in [2.45, 2.75) is 63.8 Å². The molecule has 104 valence electrons. The highest BCUT2D eigenvalue weighted by atomic mass is 16.3. The molecule has 4 N–H and O–H groups in total. The maximum atomic E-state index is 9.38. The zero-order valence-corrected chi connectivity index (χ0v) is 11.3. The largest absolute Gasteiger partial charge is 0.396 e. The molecule has 0 amide bonds. The second-order valence-corrected chi connectivity index (χ2v) is 6.05. The number of aliphatic hydroxyl groups excluding tert-OH is 1. The minimum absolute atomic E-state index is 0.0375. The molecule has 0 radical (unpaired) electrons. The quantitative estimate of drug-likeness (QED) is 0.406. The van der Waals surface area contributed by atoms with E-state index in [1.807, 2.05) is 0 Å². The van der Waals surface area contributed by atoms with Gasteiger partial charge in [0.15, 0.2) is 5.96 Å². The molecule has 18 heavy (non-hydrogen) atoms.